The number of hydrogen-bond donors (Lipinski definition) is 2. The average Bonchev–Trinajstić information content (AvgIpc) is 2.57. The number of nitrogen functional groups attached to an aromatic ring is 1. The largest absolute Gasteiger partial charge is 0.496 e. The summed E-state index contributed by atoms with van der Waals surface area (Å²) in [4.78, 5) is 6.60. The van der Waals surface area contributed by atoms with E-state index in [1.54, 1.807) is 0 Å². The first-order chi connectivity index (χ1) is 7.61. The molecule has 0 saturated carbocycles. The molecule has 0 aliphatic carbocycles. The Morgan fingerprint density at radius 1 is 1.50 bits per heavy atom. The van der Waals surface area contributed by atoms with Crippen molar-refractivity contribution in [2.75, 3.05) is 12.8 Å². The van der Waals surface area contributed by atoms with Gasteiger partial charge in [-0.3, -0.25) is 0 Å². The van der Waals surface area contributed by atoms with Gasteiger partial charge in [-0.25, -0.2) is 9.37 Å². The lowest BCUT2D eigenvalue weighted by Gasteiger charge is -2.06. The van der Waals surface area contributed by atoms with Crippen molar-refractivity contribution in [3.8, 4) is 17.0 Å². The minimum atomic E-state index is -0.395. The van der Waals surface area contributed by atoms with Crippen molar-refractivity contribution in [2.45, 2.75) is 0 Å². The van der Waals surface area contributed by atoms with E-state index in [9.17, 15) is 4.39 Å². The zero-order chi connectivity index (χ0) is 11.7. The van der Waals surface area contributed by atoms with Crippen LogP contribution in [0, 0.1) is 5.82 Å². The number of imidazole rings is 1. The van der Waals surface area contributed by atoms with Gasteiger partial charge in [0.25, 0.3) is 0 Å². The fourth-order valence-electron chi connectivity index (χ4n) is 1.41. The molecular formula is C10H9ClFN3O. The van der Waals surface area contributed by atoms with E-state index in [1.165, 1.54) is 25.3 Å². The van der Waals surface area contributed by atoms with Crippen LogP contribution in [0.4, 0.5) is 10.3 Å². The molecule has 0 saturated heterocycles. The molecule has 0 fully saturated rings. The number of hydrogen-bond acceptors (Lipinski definition) is 3. The number of nitrogens with one attached hydrogen (secondary N) is 1. The van der Waals surface area contributed by atoms with Gasteiger partial charge in [0, 0.05) is 5.56 Å². The third-order valence-electron chi connectivity index (χ3n) is 2.09. The summed E-state index contributed by atoms with van der Waals surface area (Å²) in [5.74, 6) is 0.259. The highest BCUT2D eigenvalue weighted by Crippen LogP contribution is 2.34. The first kappa shape index (κ1) is 10.8. The van der Waals surface area contributed by atoms with Crippen molar-refractivity contribution in [2.24, 2.45) is 0 Å². The highest BCUT2D eigenvalue weighted by Gasteiger charge is 2.14. The van der Waals surface area contributed by atoms with E-state index in [2.05, 4.69) is 9.97 Å². The fourth-order valence-corrected chi connectivity index (χ4v) is 1.65. The molecule has 0 amide bonds. The van der Waals surface area contributed by atoms with Gasteiger partial charge in [-0.2, -0.15) is 0 Å². The van der Waals surface area contributed by atoms with Crippen molar-refractivity contribution in [1.82, 2.24) is 9.97 Å². The second-order valence-corrected chi connectivity index (χ2v) is 3.51. The van der Waals surface area contributed by atoms with E-state index in [0.29, 0.717) is 17.0 Å². The number of benzene rings is 1. The van der Waals surface area contributed by atoms with Crippen LogP contribution in [0.25, 0.3) is 11.3 Å². The highest BCUT2D eigenvalue weighted by molar-refractivity contribution is 6.32. The van der Waals surface area contributed by atoms with E-state index in [1.807, 2.05) is 0 Å². The van der Waals surface area contributed by atoms with E-state index >= 15 is 0 Å². The number of ether oxygens (including phenoxy) is 1. The van der Waals surface area contributed by atoms with Gasteiger partial charge in [0.15, 0.2) is 5.95 Å². The number of nitrogens with two attached hydrogens (primary N) is 1. The van der Waals surface area contributed by atoms with Crippen LogP contribution in [-0.2, 0) is 0 Å². The topological polar surface area (TPSA) is 63.9 Å². The zero-order valence-corrected chi connectivity index (χ0v) is 9.18. The molecule has 2 aromatic rings. The smallest absolute Gasteiger partial charge is 0.199 e. The van der Waals surface area contributed by atoms with Gasteiger partial charge < -0.3 is 15.5 Å². The average molecular weight is 242 g/mol. The number of nitrogens with zero attached hydrogens (tertiary/aromatic N) is 1. The molecule has 6 heteroatoms. The maximum atomic E-state index is 13.1. The lowest BCUT2D eigenvalue weighted by molar-refractivity contribution is 0.415. The maximum Gasteiger partial charge on any atom is 0.199 e. The van der Waals surface area contributed by atoms with Crippen molar-refractivity contribution in [3.63, 3.8) is 0 Å². The minimum Gasteiger partial charge on any atom is -0.496 e. The second-order valence-electron chi connectivity index (χ2n) is 3.13. The van der Waals surface area contributed by atoms with Crippen molar-refractivity contribution < 1.29 is 9.13 Å². The van der Waals surface area contributed by atoms with Crippen LogP contribution in [0.2, 0.25) is 5.15 Å². The predicted molar refractivity (Wildman–Crippen MR) is 60.0 cm³/mol. The van der Waals surface area contributed by atoms with Crippen molar-refractivity contribution in [1.29, 1.82) is 0 Å². The number of halogens is 2. The first-order valence-corrected chi connectivity index (χ1v) is 4.84. The second kappa shape index (κ2) is 4.02. The molecule has 84 valence electrons. The highest BCUT2D eigenvalue weighted by atomic mass is 35.5. The van der Waals surface area contributed by atoms with Crippen LogP contribution >= 0.6 is 11.6 Å². The Balaban J connectivity index is 2.62. The SMILES string of the molecule is COc1ccc(F)cc1-c1nc(N)[nH]c1Cl. The Labute approximate surface area is 96.2 Å². The van der Waals surface area contributed by atoms with E-state index < -0.39 is 5.82 Å². The Bertz CT molecular complexity index is 527. The molecule has 16 heavy (non-hydrogen) atoms. The third-order valence-corrected chi connectivity index (χ3v) is 2.37. The van der Waals surface area contributed by atoms with Crippen LogP contribution in [-0.4, -0.2) is 17.1 Å². The van der Waals surface area contributed by atoms with Crippen LogP contribution in [0.5, 0.6) is 5.75 Å². The minimum absolute atomic E-state index is 0.173. The molecule has 0 aliphatic heterocycles. The van der Waals surface area contributed by atoms with Crippen LogP contribution in [0.3, 0.4) is 0 Å². The van der Waals surface area contributed by atoms with Gasteiger partial charge in [-0.1, -0.05) is 11.6 Å². The van der Waals surface area contributed by atoms with Crippen molar-refractivity contribution >= 4 is 17.5 Å². The summed E-state index contributed by atoms with van der Waals surface area (Å²) in [6, 6.07) is 4.10. The maximum absolute atomic E-state index is 13.1. The summed E-state index contributed by atoms with van der Waals surface area (Å²) >= 11 is 5.88. The molecule has 0 radical (unpaired) electrons. The van der Waals surface area contributed by atoms with Gasteiger partial charge in [0.1, 0.15) is 22.4 Å². The molecule has 0 bridgehead atoms. The fraction of sp³-hybridized carbons (Fsp3) is 0.100. The number of anilines is 1. The Morgan fingerprint density at radius 3 is 2.81 bits per heavy atom. The summed E-state index contributed by atoms with van der Waals surface area (Å²) in [6.07, 6.45) is 0. The van der Waals surface area contributed by atoms with Gasteiger partial charge >= 0.3 is 0 Å². The molecule has 0 atom stereocenters. The molecule has 2 rings (SSSR count). The molecule has 3 N–H and O–H groups in total. The van der Waals surface area contributed by atoms with Crippen molar-refractivity contribution in [3.05, 3.63) is 29.2 Å². The van der Waals surface area contributed by atoms with Gasteiger partial charge in [-0.15, -0.1) is 0 Å². The summed E-state index contributed by atoms with van der Waals surface area (Å²) in [7, 11) is 1.49. The lowest BCUT2D eigenvalue weighted by atomic mass is 10.1. The molecule has 0 aliphatic rings. The van der Waals surface area contributed by atoms with Crippen LogP contribution in [0.1, 0.15) is 0 Å². The third kappa shape index (κ3) is 1.81. The number of aromatic amines is 1. The van der Waals surface area contributed by atoms with Gasteiger partial charge in [-0.05, 0) is 18.2 Å². The Kier molecular flexibility index (Phi) is 2.70. The summed E-state index contributed by atoms with van der Waals surface area (Å²) < 4.78 is 18.2. The van der Waals surface area contributed by atoms with E-state index in [-0.39, 0.29) is 11.1 Å². The number of H-pyrrole nitrogens is 1. The Morgan fingerprint density at radius 2 is 2.25 bits per heavy atom. The lowest BCUT2D eigenvalue weighted by Crippen LogP contribution is -1.90. The van der Waals surface area contributed by atoms with Crippen LogP contribution in [0.15, 0.2) is 18.2 Å². The molecule has 4 nitrogen and oxygen atoms in total. The monoisotopic (exact) mass is 241 g/mol. The molecule has 1 aromatic heterocycles. The van der Waals surface area contributed by atoms with E-state index in [4.69, 9.17) is 22.1 Å². The summed E-state index contributed by atoms with van der Waals surface area (Å²) in [5.41, 5.74) is 6.29. The number of rotatable bonds is 2. The summed E-state index contributed by atoms with van der Waals surface area (Å²) in [5, 5.41) is 0.251. The van der Waals surface area contributed by atoms with Crippen LogP contribution < -0.4 is 10.5 Å². The normalized spacial score (nSPS) is 10.4. The standard InChI is InChI=1S/C10H9ClFN3O/c1-16-7-3-2-5(12)4-6(7)8-9(11)15-10(13)14-8/h2-4H,1H3,(H3,13,14,15). The molecule has 1 heterocycles. The summed E-state index contributed by atoms with van der Waals surface area (Å²) in [6.45, 7) is 0. The molecule has 0 unspecified atom stereocenters. The zero-order valence-electron chi connectivity index (χ0n) is 8.42. The number of methoxy groups -OCH3 is 1. The predicted octanol–water partition coefficient (Wildman–Crippen LogP) is 2.46. The quantitative estimate of drug-likeness (QED) is 0.849. The first-order valence-electron chi connectivity index (χ1n) is 4.46. The molecule has 0 spiro atoms. The molecule has 1 aromatic carbocycles. The van der Waals surface area contributed by atoms with Gasteiger partial charge in [0.2, 0.25) is 0 Å². The van der Waals surface area contributed by atoms with Gasteiger partial charge in [0.05, 0.1) is 7.11 Å². The Hall–Kier alpha value is -1.75. The van der Waals surface area contributed by atoms with E-state index in [0.717, 1.165) is 0 Å². The number of aromatic nitrogens is 2. The molecular weight excluding hydrogens is 233 g/mol.